The van der Waals surface area contributed by atoms with Crippen molar-refractivity contribution < 1.29 is 12.8 Å². The first-order valence-corrected chi connectivity index (χ1v) is 12.6. The van der Waals surface area contributed by atoms with E-state index in [1.165, 1.54) is 12.3 Å². The summed E-state index contributed by atoms with van der Waals surface area (Å²) >= 11 is 6.34. The van der Waals surface area contributed by atoms with Gasteiger partial charge in [0.25, 0.3) is 0 Å². The topological polar surface area (TPSA) is 73.8 Å². The van der Waals surface area contributed by atoms with E-state index in [1.54, 1.807) is 12.1 Å². The highest BCUT2D eigenvalue weighted by molar-refractivity contribution is 14.0. The molecule has 0 spiro atoms. The molecule has 1 aliphatic heterocycles. The van der Waals surface area contributed by atoms with Crippen LogP contribution in [0.5, 0.6) is 0 Å². The van der Waals surface area contributed by atoms with Crippen molar-refractivity contribution in [2.75, 3.05) is 38.2 Å². The largest absolute Gasteiger partial charge is 0.357 e. The van der Waals surface area contributed by atoms with Gasteiger partial charge in [-0.15, -0.1) is 24.0 Å². The molecule has 0 radical (unpaired) electrons. The third-order valence-corrected chi connectivity index (χ3v) is 6.29. The highest BCUT2D eigenvalue weighted by Gasteiger charge is 2.27. The van der Waals surface area contributed by atoms with Crippen LogP contribution in [0.3, 0.4) is 0 Å². The molecule has 0 amide bonds. The molecule has 1 aliphatic rings. The van der Waals surface area contributed by atoms with Crippen LogP contribution in [0, 0.1) is 5.82 Å². The quantitative estimate of drug-likeness (QED) is 0.268. The van der Waals surface area contributed by atoms with E-state index in [0.29, 0.717) is 36.1 Å². The van der Waals surface area contributed by atoms with E-state index in [1.807, 2.05) is 13.8 Å². The van der Waals surface area contributed by atoms with Crippen LogP contribution < -0.4 is 10.6 Å². The van der Waals surface area contributed by atoms with Gasteiger partial charge >= 0.3 is 0 Å². The first-order chi connectivity index (χ1) is 13.7. The number of sulfone groups is 1. The number of hydrogen-bond acceptors (Lipinski definition) is 4. The molecule has 2 N–H and O–H groups in total. The van der Waals surface area contributed by atoms with Crippen molar-refractivity contribution in [1.29, 1.82) is 0 Å². The number of nitrogens with one attached hydrogen (secondary N) is 2. The van der Waals surface area contributed by atoms with Crippen LogP contribution in [0.25, 0.3) is 0 Å². The number of guanidine groups is 1. The zero-order valence-electron chi connectivity index (χ0n) is 17.8. The van der Waals surface area contributed by atoms with Crippen LogP contribution in [0.1, 0.15) is 44.7 Å². The Balaban J connectivity index is 0.00000450. The van der Waals surface area contributed by atoms with Gasteiger partial charge in [-0.25, -0.2) is 12.8 Å². The van der Waals surface area contributed by atoms with Gasteiger partial charge in [-0.05, 0) is 58.3 Å². The van der Waals surface area contributed by atoms with E-state index in [0.717, 1.165) is 25.9 Å². The van der Waals surface area contributed by atoms with E-state index < -0.39 is 9.84 Å². The summed E-state index contributed by atoms with van der Waals surface area (Å²) in [7, 11) is -3.01. The van der Waals surface area contributed by atoms with E-state index in [2.05, 4.69) is 20.5 Å². The molecule has 1 fully saturated rings. The van der Waals surface area contributed by atoms with Gasteiger partial charge in [0, 0.05) is 29.4 Å². The lowest BCUT2D eigenvalue weighted by Crippen LogP contribution is -2.43. The zero-order valence-corrected chi connectivity index (χ0v) is 21.7. The van der Waals surface area contributed by atoms with Crippen LogP contribution in [-0.2, 0) is 9.84 Å². The molecule has 1 aromatic carbocycles. The lowest BCUT2D eigenvalue weighted by atomic mass is 10.0. The van der Waals surface area contributed by atoms with Crippen LogP contribution in [0.2, 0.25) is 5.02 Å². The van der Waals surface area contributed by atoms with Gasteiger partial charge in [0.2, 0.25) is 0 Å². The Labute approximate surface area is 202 Å². The minimum Gasteiger partial charge on any atom is -0.357 e. The highest BCUT2D eigenvalue weighted by Crippen LogP contribution is 2.32. The minimum absolute atomic E-state index is 0. The molecule has 0 aromatic heterocycles. The normalized spacial score (nSPS) is 17.3. The number of halogens is 3. The van der Waals surface area contributed by atoms with Gasteiger partial charge in [0.15, 0.2) is 5.96 Å². The minimum atomic E-state index is -3.01. The summed E-state index contributed by atoms with van der Waals surface area (Å²) in [5.41, 5.74) is 0.487. The van der Waals surface area contributed by atoms with Crippen LogP contribution >= 0.6 is 35.6 Å². The summed E-state index contributed by atoms with van der Waals surface area (Å²) in [6.45, 7) is 6.68. The maximum atomic E-state index is 14.6. The van der Waals surface area contributed by atoms with Crippen molar-refractivity contribution in [2.45, 2.75) is 45.2 Å². The molecule has 1 saturated heterocycles. The second-order valence-corrected chi connectivity index (χ2v) is 10.2. The fraction of sp³-hybridized carbons (Fsp3) is 0.650. The molecule has 0 bridgehead atoms. The number of likely N-dealkylation sites (tertiary alicyclic amines) is 1. The maximum Gasteiger partial charge on any atom is 0.191 e. The van der Waals surface area contributed by atoms with Crippen LogP contribution in [0.4, 0.5) is 4.39 Å². The predicted molar refractivity (Wildman–Crippen MR) is 133 cm³/mol. The zero-order chi connectivity index (χ0) is 21.4. The molecule has 10 heteroatoms. The van der Waals surface area contributed by atoms with Crippen molar-refractivity contribution in [1.82, 2.24) is 15.5 Å². The van der Waals surface area contributed by atoms with Crippen molar-refractivity contribution >= 4 is 51.4 Å². The van der Waals surface area contributed by atoms with Crippen LogP contribution in [0.15, 0.2) is 23.2 Å². The molecule has 0 aliphatic carbocycles. The Hall–Kier alpha value is -0.650. The van der Waals surface area contributed by atoms with Gasteiger partial charge in [0.1, 0.15) is 15.7 Å². The molecule has 2 rings (SSSR count). The van der Waals surface area contributed by atoms with Gasteiger partial charge in [-0.1, -0.05) is 17.7 Å². The lowest BCUT2D eigenvalue weighted by molar-refractivity contribution is 0.246. The first kappa shape index (κ1) is 27.4. The summed E-state index contributed by atoms with van der Waals surface area (Å²) in [4.78, 5) is 6.91. The van der Waals surface area contributed by atoms with Crippen molar-refractivity contribution in [2.24, 2.45) is 4.99 Å². The first-order valence-electron chi connectivity index (χ1n) is 10.1. The number of benzene rings is 1. The Morgan fingerprint density at radius 1 is 1.33 bits per heavy atom. The monoisotopic (exact) mass is 574 g/mol. The van der Waals surface area contributed by atoms with Gasteiger partial charge in [-0.2, -0.15) is 0 Å². The number of hydrogen-bond donors (Lipinski definition) is 2. The highest BCUT2D eigenvalue weighted by atomic mass is 127. The Morgan fingerprint density at radius 2 is 2.00 bits per heavy atom. The van der Waals surface area contributed by atoms with E-state index in [9.17, 15) is 12.8 Å². The van der Waals surface area contributed by atoms with Crippen molar-refractivity contribution in [3.63, 3.8) is 0 Å². The Morgan fingerprint density at radius 3 is 2.57 bits per heavy atom. The third kappa shape index (κ3) is 8.84. The second-order valence-electron chi connectivity index (χ2n) is 7.58. The van der Waals surface area contributed by atoms with E-state index >= 15 is 0 Å². The molecule has 2 unspecified atom stereocenters. The number of aliphatic imine (C=N–C) groups is 1. The molecule has 6 nitrogen and oxygen atoms in total. The lowest BCUT2D eigenvalue weighted by Gasteiger charge is -2.28. The Bertz CT molecular complexity index is 784. The second kappa shape index (κ2) is 13.0. The summed E-state index contributed by atoms with van der Waals surface area (Å²) < 4.78 is 37.4. The fourth-order valence-corrected chi connectivity index (χ4v) is 4.54. The molecular formula is C20H33ClFIN4O2S. The molecular weight excluding hydrogens is 542 g/mol. The van der Waals surface area contributed by atoms with E-state index in [4.69, 9.17) is 11.6 Å². The third-order valence-electron chi connectivity index (χ3n) is 4.99. The molecule has 172 valence electrons. The molecule has 30 heavy (non-hydrogen) atoms. The average Bonchev–Trinajstić information content (AvgIpc) is 3.16. The maximum absolute atomic E-state index is 14.6. The SMILES string of the molecule is CCNC(=NCC(c1c(F)cccc1Cl)N1CCCC1)NC(C)CCS(C)(=O)=O.I. The number of rotatable bonds is 9. The standard InChI is InChI=1S/C20H32ClFN4O2S.HI/c1-4-23-20(25-15(2)10-13-29(3,27)28)24-14-18(26-11-5-6-12-26)19-16(21)8-7-9-17(19)22;/h7-9,15,18H,4-6,10-14H2,1-3H3,(H2,23,24,25);1H. The van der Waals surface area contributed by atoms with Crippen LogP contribution in [-0.4, -0.2) is 63.5 Å². The van der Waals surface area contributed by atoms with Crippen molar-refractivity contribution in [3.8, 4) is 0 Å². The van der Waals surface area contributed by atoms with Gasteiger partial charge < -0.3 is 10.6 Å². The van der Waals surface area contributed by atoms with Gasteiger partial charge in [0.05, 0.1) is 18.3 Å². The molecule has 1 aromatic rings. The van der Waals surface area contributed by atoms with E-state index in [-0.39, 0.29) is 47.6 Å². The average molecular weight is 575 g/mol. The molecule has 1 heterocycles. The summed E-state index contributed by atoms with van der Waals surface area (Å²) in [6, 6.07) is 4.45. The smallest absolute Gasteiger partial charge is 0.191 e. The van der Waals surface area contributed by atoms with Crippen molar-refractivity contribution in [3.05, 3.63) is 34.6 Å². The summed E-state index contributed by atoms with van der Waals surface area (Å²) in [5.74, 6) is 0.385. The molecule has 0 saturated carbocycles. The number of nitrogens with zero attached hydrogens (tertiary/aromatic N) is 2. The summed E-state index contributed by atoms with van der Waals surface area (Å²) in [5, 5.41) is 6.84. The fourth-order valence-electron chi connectivity index (χ4n) is 3.47. The Kier molecular flexibility index (Phi) is 11.9. The van der Waals surface area contributed by atoms with Gasteiger partial charge in [-0.3, -0.25) is 9.89 Å². The summed E-state index contributed by atoms with van der Waals surface area (Å²) in [6.07, 6.45) is 3.87. The predicted octanol–water partition coefficient (Wildman–Crippen LogP) is 3.61. The molecule has 2 atom stereocenters.